The minimum Gasteiger partial charge on any atom is -0.378 e. The molecule has 0 spiro atoms. The number of nitrogens with one attached hydrogen (secondary N) is 1. The molecule has 1 atom stereocenters. The number of thioether (sulfide) groups is 1. The number of amides is 2. The average molecular weight is 321 g/mol. The smallest absolute Gasteiger partial charge is 0.262 e. The third-order valence-electron chi connectivity index (χ3n) is 6.09. The van der Waals surface area contributed by atoms with E-state index >= 15 is 0 Å². The van der Waals surface area contributed by atoms with Crippen LogP contribution in [0.15, 0.2) is 4.99 Å². The standard InChI is InChI=1S/C16H23N3O2S/c17-16-19-15(21)13(22-16)6-14(20)18-7-12-10-2-8-1-9(4-10)5-11(12)3-8/h8-13H,1-7H2,(H,18,20)(H2,17,19,21). The summed E-state index contributed by atoms with van der Waals surface area (Å²) in [5, 5.41) is 2.94. The van der Waals surface area contributed by atoms with Crippen LogP contribution >= 0.6 is 11.8 Å². The van der Waals surface area contributed by atoms with Crippen LogP contribution in [0.1, 0.15) is 38.5 Å². The Balaban J connectivity index is 1.28. The van der Waals surface area contributed by atoms with Crippen molar-refractivity contribution in [2.45, 2.75) is 43.8 Å². The highest BCUT2D eigenvalue weighted by Gasteiger charge is 2.47. The Morgan fingerprint density at radius 3 is 2.36 bits per heavy atom. The number of amidine groups is 1. The van der Waals surface area contributed by atoms with Gasteiger partial charge in [0.15, 0.2) is 5.17 Å². The molecule has 120 valence electrons. The van der Waals surface area contributed by atoms with E-state index in [1.807, 2.05) is 0 Å². The first-order valence-corrected chi connectivity index (χ1v) is 9.28. The summed E-state index contributed by atoms with van der Waals surface area (Å²) < 4.78 is 0. The summed E-state index contributed by atoms with van der Waals surface area (Å²) in [6, 6.07) is 0. The van der Waals surface area contributed by atoms with E-state index in [0.717, 1.165) is 30.2 Å². The van der Waals surface area contributed by atoms with Crippen LogP contribution in [-0.2, 0) is 9.59 Å². The summed E-state index contributed by atoms with van der Waals surface area (Å²) in [5.41, 5.74) is 5.52. The van der Waals surface area contributed by atoms with E-state index in [2.05, 4.69) is 10.3 Å². The maximum Gasteiger partial charge on any atom is 0.262 e. The van der Waals surface area contributed by atoms with Crippen LogP contribution in [0.2, 0.25) is 0 Å². The fourth-order valence-corrected chi connectivity index (χ4v) is 6.20. The fraction of sp³-hybridized carbons (Fsp3) is 0.812. The zero-order valence-electron chi connectivity index (χ0n) is 12.7. The molecule has 0 aromatic rings. The van der Waals surface area contributed by atoms with Crippen molar-refractivity contribution in [1.29, 1.82) is 0 Å². The highest BCUT2D eigenvalue weighted by atomic mass is 32.2. The molecule has 4 saturated carbocycles. The SMILES string of the molecule is NC1=NC(=O)C(CC(=O)NCC2C3CC4CC(C3)CC2C4)S1. The summed E-state index contributed by atoms with van der Waals surface area (Å²) in [7, 11) is 0. The molecule has 2 amide bonds. The van der Waals surface area contributed by atoms with E-state index in [1.54, 1.807) is 0 Å². The first-order chi connectivity index (χ1) is 10.6. The molecular weight excluding hydrogens is 298 g/mol. The maximum absolute atomic E-state index is 12.1. The Hall–Kier alpha value is -1.04. The first kappa shape index (κ1) is 14.5. The Bertz CT molecular complexity index is 505. The number of nitrogens with two attached hydrogens (primary N) is 1. The molecule has 22 heavy (non-hydrogen) atoms. The molecule has 0 radical (unpaired) electrons. The van der Waals surface area contributed by atoms with Gasteiger partial charge in [-0.1, -0.05) is 11.8 Å². The highest BCUT2D eigenvalue weighted by molar-refractivity contribution is 8.15. The van der Waals surface area contributed by atoms with Crippen LogP contribution < -0.4 is 11.1 Å². The van der Waals surface area contributed by atoms with Crippen LogP contribution in [0.3, 0.4) is 0 Å². The zero-order valence-corrected chi connectivity index (χ0v) is 13.5. The van der Waals surface area contributed by atoms with Crippen LogP contribution in [0.5, 0.6) is 0 Å². The van der Waals surface area contributed by atoms with Gasteiger partial charge in [0.2, 0.25) is 5.91 Å². The number of carbonyl (C=O) groups excluding carboxylic acids is 2. The second-order valence-electron chi connectivity index (χ2n) is 7.50. The van der Waals surface area contributed by atoms with Crippen molar-refractivity contribution in [1.82, 2.24) is 5.32 Å². The fourth-order valence-electron chi connectivity index (χ4n) is 5.38. The number of rotatable bonds is 4. The Kier molecular flexibility index (Phi) is 3.67. The molecule has 4 fully saturated rings. The largest absolute Gasteiger partial charge is 0.378 e. The van der Waals surface area contributed by atoms with Crippen molar-refractivity contribution in [2.24, 2.45) is 40.3 Å². The summed E-state index contributed by atoms with van der Waals surface area (Å²) >= 11 is 1.20. The zero-order chi connectivity index (χ0) is 15.3. The lowest BCUT2D eigenvalue weighted by atomic mass is 9.52. The molecule has 0 saturated heterocycles. The lowest BCUT2D eigenvalue weighted by Crippen LogP contribution is -2.49. The van der Waals surface area contributed by atoms with Crippen molar-refractivity contribution in [3.63, 3.8) is 0 Å². The van der Waals surface area contributed by atoms with Crippen molar-refractivity contribution in [3.05, 3.63) is 0 Å². The molecule has 0 aromatic carbocycles. The van der Waals surface area contributed by atoms with Gasteiger partial charge in [0.25, 0.3) is 5.91 Å². The lowest BCUT2D eigenvalue weighted by Gasteiger charge is -2.54. The van der Waals surface area contributed by atoms with Gasteiger partial charge in [0.05, 0.1) is 0 Å². The molecule has 1 aliphatic heterocycles. The van der Waals surface area contributed by atoms with Gasteiger partial charge in [-0.25, -0.2) is 0 Å². The molecular formula is C16H23N3O2S. The van der Waals surface area contributed by atoms with E-state index in [4.69, 9.17) is 5.73 Å². The number of hydrogen-bond acceptors (Lipinski definition) is 4. The van der Waals surface area contributed by atoms with E-state index in [0.29, 0.717) is 5.92 Å². The predicted octanol–water partition coefficient (Wildman–Crippen LogP) is 1.52. The lowest BCUT2D eigenvalue weighted by molar-refractivity contribution is -0.125. The first-order valence-electron chi connectivity index (χ1n) is 8.40. The predicted molar refractivity (Wildman–Crippen MR) is 86.2 cm³/mol. The van der Waals surface area contributed by atoms with Crippen LogP contribution in [0, 0.1) is 29.6 Å². The summed E-state index contributed by atoms with van der Waals surface area (Å²) in [6.45, 7) is 0.787. The molecule has 4 aliphatic carbocycles. The highest BCUT2D eigenvalue weighted by Crippen LogP contribution is 2.56. The second-order valence-corrected chi connectivity index (χ2v) is 8.72. The minimum absolute atomic E-state index is 0.0374. The van der Waals surface area contributed by atoms with Gasteiger partial charge in [-0.15, -0.1) is 0 Å². The van der Waals surface area contributed by atoms with E-state index < -0.39 is 5.25 Å². The molecule has 5 rings (SSSR count). The maximum atomic E-state index is 12.1. The number of nitrogens with zero attached hydrogens (tertiary/aromatic N) is 1. The van der Waals surface area contributed by atoms with Gasteiger partial charge in [0.1, 0.15) is 5.25 Å². The van der Waals surface area contributed by atoms with Crippen molar-refractivity contribution >= 4 is 28.7 Å². The van der Waals surface area contributed by atoms with Gasteiger partial charge < -0.3 is 11.1 Å². The second kappa shape index (κ2) is 5.55. The quantitative estimate of drug-likeness (QED) is 0.822. The molecule has 1 unspecified atom stereocenters. The average Bonchev–Trinajstić information content (AvgIpc) is 2.75. The Labute approximate surface area is 134 Å². The molecule has 0 aromatic heterocycles. The Morgan fingerprint density at radius 1 is 1.18 bits per heavy atom. The van der Waals surface area contributed by atoms with E-state index in [9.17, 15) is 9.59 Å². The Morgan fingerprint density at radius 2 is 1.82 bits per heavy atom. The third-order valence-corrected chi connectivity index (χ3v) is 7.07. The number of hydrogen-bond donors (Lipinski definition) is 2. The normalized spacial score (nSPS) is 42.5. The van der Waals surface area contributed by atoms with Gasteiger partial charge in [-0.3, -0.25) is 9.59 Å². The van der Waals surface area contributed by atoms with Crippen LogP contribution in [0.4, 0.5) is 0 Å². The van der Waals surface area contributed by atoms with Crippen LogP contribution in [-0.4, -0.2) is 28.8 Å². The van der Waals surface area contributed by atoms with Gasteiger partial charge >= 0.3 is 0 Å². The molecule has 5 aliphatic rings. The molecule has 3 N–H and O–H groups in total. The molecule has 4 bridgehead atoms. The topological polar surface area (TPSA) is 84.5 Å². The molecule has 1 heterocycles. The van der Waals surface area contributed by atoms with Gasteiger partial charge in [-0.2, -0.15) is 4.99 Å². The van der Waals surface area contributed by atoms with E-state index in [-0.39, 0.29) is 23.4 Å². The molecule has 6 heteroatoms. The van der Waals surface area contributed by atoms with Gasteiger partial charge in [-0.05, 0) is 61.7 Å². The summed E-state index contributed by atoms with van der Waals surface area (Å²) in [4.78, 5) is 27.3. The summed E-state index contributed by atoms with van der Waals surface area (Å²) in [6.07, 6.45) is 7.13. The summed E-state index contributed by atoms with van der Waals surface area (Å²) in [5.74, 6) is 3.90. The van der Waals surface area contributed by atoms with Crippen molar-refractivity contribution in [2.75, 3.05) is 6.54 Å². The number of aliphatic imine (C=N–C) groups is 1. The van der Waals surface area contributed by atoms with Crippen molar-refractivity contribution < 1.29 is 9.59 Å². The monoisotopic (exact) mass is 321 g/mol. The van der Waals surface area contributed by atoms with E-state index in [1.165, 1.54) is 43.9 Å². The molecule has 5 nitrogen and oxygen atoms in total. The van der Waals surface area contributed by atoms with Crippen LogP contribution in [0.25, 0.3) is 0 Å². The third kappa shape index (κ3) is 2.66. The minimum atomic E-state index is -0.418. The number of carbonyl (C=O) groups is 2. The van der Waals surface area contributed by atoms with Crippen molar-refractivity contribution in [3.8, 4) is 0 Å². The van der Waals surface area contributed by atoms with Gasteiger partial charge in [0, 0.05) is 13.0 Å².